The predicted octanol–water partition coefficient (Wildman–Crippen LogP) is 1.84. The lowest BCUT2D eigenvalue weighted by atomic mass is 9.93. The van der Waals surface area contributed by atoms with Crippen LogP contribution in [0.25, 0.3) is 0 Å². The van der Waals surface area contributed by atoms with Gasteiger partial charge in [-0.15, -0.1) is 0 Å². The second kappa shape index (κ2) is 5.53. The van der Waals surface area contributed by atoms with E-state index in [1.54, 1.807) is 0 Å². The molecule has 0 aliphatic carbocycles. The summed E-state index contributed by atoms with van der Waals surface area (Å²) >= 11 is 0. The monoisotopic (exact) mass is 246 g/mol. The molecule has 1 atom stereocenters. The van der Waals surface area contributed by atoms with Gasteiger partial charge in [0.1, 0.15) is 0 Å². The van der Waals surface area contributed by atoms with E-state index >= 15 is 0 Å². The molecule has 1 aliphatic rings. The molecule has 1 heterocycles. The molecule has 18 heavy (non-hydrogen) atoms. The number of aryl methyl sites for hydroxylation is 2. The zero-order valence-electron chi connectivity index (χ0n) is 11.5. The minimum atomic E-state index is -0.0389. The Morgan fingerprint density at radius 1 is 1.28 bits per heavy atom. The highest BCUT2D eigenvalue weighted by Crippen LogP contribution is 2.23. The molecule has 1 aromatic carbocycles. The van der Waals surface area contributed by atoms with Gasteiger partial charge < -0.3 is 10.2 Å². The van der Waals surface area contributed by atoms with Crippen molar-refractivity contribution in [3.8, 4) is 0 Å². The molecule has 0 spiro atoms. The summed E-state index contributed by atoms with van der Waals surface area (Å²) in [5, 5.41) is 3.27. The first-order valence-electron chi connectivity index (χ1n) is 6.66. The van der Waals surface area contributed by atoms with E-state index in [0.717, 1.165) is 26.2 Å². The number of nitrogens with zero attached hydrogens (tertiary/aromatic N) is 1. The van der Waals surface area contributed by atoms with Crippen molar-refractivity contribution in [2.45, 2.75) is 26.7 Å². The molecule has 1 saturated heterocycles. The van der Waals surface area contributed by atoms with Gasteiger partial charge in [-0.05, 0) is 31.9 Å². The van der Waals surface area contributed by atoms with Gasteiger partial charge in [-0.2, -0.15) is 0 Å². The maximum absolute atomic E-state index is 12.5. The highest BCUT2D eigenvalue weighted by molar-refractivity contribution is 5.84. The summed E-state index contributed by atoms with van der Waals surface area (Å²) in [5.41, 5.74) is 3.59. The number of piperazine rings is 1. The number of carbonyl (C=O) groups is 1. The smallest absolute Gasteiger partial charge is 0.229 e. The summed E-state index contributed by atoms with van der Waals surface area (Å²) in [4.78, 5) is 14.4. The molecule has 0 bridgehead atoms. The molecule has 0 saturated carbocycles. The van der Waals surface area contributed by atoms with Crippen molar-refractivity contribution in [1.82, 2.24) is 10.2 Å². The van der Waals surface area contributed by atoms with E-state index in [1.807, 2.05) is 11.8 Å². The highest BCUT2D eigenvalue weighted by atomic mass is 16.2. The molecule has 3 nitrogen and oxygen atoms in total. The van der Waals surface area contributed by atoms with Gasteiger partial charge in [-0.3, -0.25) is 4.79 Å². The molecule has 2 rings (SSSR count). The first-order valence-corrected chi connectivity index (χ1v) is 6.66. The van der Waals surface area contributed by atoms with Crippen LogP contribution in [0.15, 0.2) is 18.2 Å². The average molecular weight is 246 g/mol. The van der Waals surface area contributed by atoms with Crippen molar-refractivity contribution in [3.63, 3.8) is 0 Å². The second-order valence-corrected chi connectivity index (χ2v) is 5.16. The quantitative estimate of drug-likeness (QED) is 0.863. The number of carbonyl (C=O) groups excluding carboxylic acids is 1. The van der Waals surface area contributed by atoms with E-state index in [9.17, 15) is 4.79 Å². The minimum absolute atomic E-state index is 0.0389. The van der Waals surface area contributed by atoms with Gasteiger partial charge >= 0.3 is 0 Å². The predicted molar refractivity (Wildman–Crippen MR) is 73.8 cm³/mol. The summed E-state index contributed by atoms with van der Waals surface area (Å²) in [6.45, 7) is 9.64. The van der Waals surface area contributed by atoms with Crippen molar-refractivity contribution in [2.24, 2.45) is 0 Å². The van der Waals surface area contributed by atoms with E-state index in [4.69, 9.17) is 0 Å². The average Bonchev–Trinajstić information content (AvgIpc) is 2.41. The fourth-order valence-corrected chi connectivity index (χ4v) is 2.52. The molecule has 1 amide bonds. The Morgan fingerprint density at radius 2 is 1.94 bits per heavy atom. The normalized spacial score (nSPS) is 17.6. The molecule has 1 N–H and O–H groups in total. The topological polar surface area (TPSA) is 32.3 Å². The first-order chi connectivity index (χ1) is 8.59. The fraction of sp³-hybridized carbons (Fsp3) is 0.533. The third kappa shape index (κ3) is 2.72. The number of rotatable bonds is 2. The van der Waals surface area contributed by atoms with Crippen LogP contribution < -0.4 is 5.32 Å². The van der Waals surface area contributed by atoms with E-state index in [2.05, 4.69) is 37.4 Å². The molecule has 98 valence electrons. The molecule has 0 aromatic heterocycles. The second-order valence-electron chi connectivity index (χ2n) is 5.16. The molecule has 1 unspecified atom stereocenters. The third-order valence-electron chi connectivity index (χ3n) is 3.70. The molecule has 0 radical (unpaired) electrons. The van der Waals surface area contributed by atoms with Crippen LogP contribution in [0.2, 0.25) is 0 Å². The molecule has 1 aliphatic heterocycles. The summed E-state index contributed by atoms with van der Waals surface area (Å²) in [5.74, 6) is 0.216. The Kier molecular flexibility index (Phi) is 4.02. The van der Waals surface area contributed by atoms with E-state index in [1.165, 1.54) is 16.7 Å². The van der Waals surface area contributed by atoms with Crippen molar-refractivity contribution in [3.05, 3.63) is 34.9 Å². The fourth-order valence-electron chi connectivity index (χ4n) is 2.52. The number of nitrogens with one attached hydrogen (secondary N) is 1. The van der Waals surface area contributed by atoms with Gasteiger partial charge in [0.25, 0.3) is 0 Å². The lowest BCUT2D eigenvalue weighted by molar-refractivity contribution is -0.133. The molecular weight excluding hydrogens is 224 g/mol. The maximum Gasteiger partial charge on any atom is 0.229 e. The van der Waals surface area contributed by atoms with Crippen LogP contribution in [0, 0.1) is 13.8 Å². The highest BCUT2D eigenvalue weighted by Gasteiger charge is 2.24. The molecule has 3 heteroatoms. The number of benzene rings is 1. The summed E-state index contributed by atoms with van der Waals surface area (Å²) in [7, 11) is 0. The first kappa shape index (κ1) is 13.1. The molecular formula is C15H22N2O. The van der Waals surface area contributed by atoms with E-state index in [0.29, 0.717) is 0 Å². The van der Waals surface area contributed by atoms with Crippen LogP contribution in [-0.4, -0.2) is 37.0 Å². The Hall–Kier alpha value is -1.35. The van der Waals surface area contributed by atoms with Crippen molar-refractivity contribution in [2.75, 3.05) is 26.2 Å². The van der Waals surface area contributed by atoms with Crippen LogP contribution in [0.3, 0.4) is 0 Å². The third-order valence-corrected chi connectivity index (χ3v) is 3.70. The summed E-state index contributed by atoms with van der Waals surface area (Å²) in [6.07, 6.45) is 0. The largest absolute Gasteiger partial charge is 0.340 e. The molecule has 1 fully saturated rings. The number of amides is 1. The van der Waals surface area contributed by atoms with Crippen LogP contribution in [0.5, 0.6) is 0 Å². The van der Waals surface area contributed by atoms with Crippen molar-refractivity contribution in [1.29, 1.82) is 0 Å². The maximum atomic E-state index is 12.5. The van der Waals surface area contributed by atoms with Gasteiger partial charge in [0, 0.05) is 26.2 Å². The number of hydrogen-bond donors (Lipinski definition) is 1. The zero-order chi connectivity index (χ0) is 13.1. The van der Waals surface area contributed by atoms with Gasteiger partial charge in [-0.1, -0.05) is 23.8 Å². The van der Waals surface area contributed by atoms with E-state index in [-0.39, 0.29) is 11.8 Å². The van der Waals surface area contributed by atoms with Crippen molar-refractivity contribution < 1.29 is 4.79 Å². The van der Waals surface area contributed by atoms with Gasteiger partial charge in [0.2, 0.25) is 5.91 Å². The summed E-state index contributed by atoms with van der Waals surface area (Å²) in [6, 6.07) is 6.34. The summed E-state index contributed by atoms with van der Waals surface area (Å²) < 4.78 is 0. The van der Waals surface area contributed by atoms with Crippen LogP contribution in [-0.2, 0) is 4.79 Å². The van der Waals surface area contributed by atoms with Crippen molar-refractivity contribution >= 4 is 5.91 Å². The molecule has 1 aromatic rings. The zero-order valence-corrected chi connectivity index (χ0v) is 11.5. The Bertz CT molecular complexity index is 436. The Morgan fingerprint density at radius 3 is 2.61 bits per heavy atom. The lowest BCUT2D eigenvalue weighted by Crippen LogP contribution is -2.47. The van der Waals surface area contributed by atoms with Crippen LogP contribution >= 0.6 is 0 Å². The number of hydrogen-bond acceptors (Lipinski definition) is 2. The van der Waals surface area contributed by atoms with Gasteiger partial charge in [0.05, 0.1) is 5.92 Å². The Labute approximate surface area is 109 Å². The van der Waals surface area contributed by atoms with Crippen LogP contribution in [0.1, 0.15) is 29.5 Å². The lowest BCUT2D eigenvalue weighted by Gasteiger charge is -2.30. The van der Waals surface area contributed by atoms with Gasteiger partial charge in [-0.25, -0.2) is 0 Å². The SMILES string of the molecule is Cc1ccc(C)c(C(C)C(=O)N2CCNCC2)c1. The standard InChI is InChI=1S/C15H22N2O/c1-11-4-5-12(2)14(10-11)13(3)15(18)17-8-6-16-7-9-17/h4-5,10,13,16H,6-9H2,1-3H3. The Balaban J connectivity index is 2.16. The minimum Gasteiger partial charge on any atom is -0.340 e. The van der Waals surface area contributed by atoms with E-state index < -0.39 is 0 Å². The van der Waals surface area contributed by atoms with Crippen LogP contribution in [0.4, 0.5) is 0 Å². The van der Waals surface area contributed by atoms with Gasteiger partial charge in [0.15, 0.2) is 0 Å².